The lowest BCUT2D eigenvalue weighted by atomic mass is 9.76. The van der Waals surface area contributed by atoms with Crippen LogP contribution in [0.4, 0.5) is 0 Å². The van der Waals surface area contributed by atoms with Crippen molar-refractivity contribution in [1.29, 1.82) is 0 Å². The fraction of sp³-hybridized carbons (Fsp3) is 0.867. The Morgan fingerprint density at radius 3 is 2.45 bits per heavy atom. The fourth-order valence-electron chi connectivity index (χ4n) is 3.54. The van der Waals surface area contributed by atoms with Gasteiger partial charge in [0.15, 0.2) is 0 Å². The zero-order chi connectivity index (χ0) is 14.6. The van der Waals surface area contributed by atoms with Crippen LogP contribution in [-0.2, 0) is 9.59 Å². The highest BCUT2D eigenvalue weighted by Crippen LogP contribution is 2.35. The van der Waals surface area contributed by atoms with E-state index in [1.54, 1.807) is 4.90 Å². The summed E-state index contributed by atoms with van der Waals surface area (Å²) in [6.45, 7) is 5.57. The molecule has 0 aromatic carbocycles. The number of piperidine rings is 1. The van der Waals surface area contributed by atoms with Crippen LogP contribution in [0.25, 0.3) is 0 Å². The quantitative estimate of drug-likeness (QED) is 0.831. The van der Waals surface area contributed by atoms with Crippen LogP contribution in [0.1, 0.15) is 45.4 Å². The van der Waals surface area contributed by atoms with Gasteiger partial charge in [0.1, 0.15) is 0 Å². The molecule has 5 heteroatoms. The predicted octanol–water partition coefficient (Wildman–Crippen LogP) is 1.58. The molecule has 0 bridgehead atoms. The Hall–Kier alpha value is -1.10. The second-order valence-electron chi connectivity index (χ2n) is 6.24. The molecule has 2 heterocycles. The number of carboxylic acids is 1. The van der Waals surface area contributed by atoms with E-state index in [0.717, 1.165) is 25.9 Å². The molecule has 2 aliphatic rings. The number of hydrogen-bond donors (Lipinski definition) is 1. The summed E-state index contributed by atoms with van der Waals surface area (Å²) in [6.07, 6.45) is 5.35. The number of carboxylic acid groups (broad SMARTS) is 1. The maximum absolute atomic E-state index is 12.4. The topological polar surface area (TPSA) is 60.9 Å². The lowest BCUT2D eigenvalue weighted by molar-refractivity contribution is -0.155. The Morgan fingerprint density at radius 2 is 1.85 bits per heavy atom. The molecule has 2 fully saturated rings. The number of aliphatic carboxylic acids is 1. The summed E-state index contributed by atoms with van der Waals surface area (Å²) in [4.78, 5) is 28.0. The summed E-state index contributed by atoms with van der Waals surface area (Å²) in [5.41, 5.74) is -0.715. The summed E-state index contributed by atoms with van der Waals surface area (Å²) in [7, 11) is 0. The molecule has 0 spiro atoms. The highest BCUT2D eigenvalue weighted by Gasteiger charge is 2.42. The summed E-state index contributed by atoms with van der Waals surface area (Å²) in [5.74, 6) is -0.633. The molecule has 0 aliphatic carbocycles. The van der Waals surface area contributed by atoms with Crippen LogP contribution in [0.15, 0.2) is 0 Å². The van der Waals surface area contributed by atoms with E-state index in [1.807, 2.05) is 6.92 Å². The van der Waals surface area contributed by atoms with Gasteiger partial charge in [-0.2, -0.15) is 0 Å². The summed E-state index contributed by atoms with van der Waals surface area (Å²) < 4.78 is 0. The average Bonchev–Trinajstić information content (AvgIpc) is 2.92. The van der Waals surface area contributed by atoms with Crippen molar-refractivity contribution in [3.8, 4) is 0 Å². The second kappa shape index (κ2) is 6.57. The van der Waals surface area contributed by atoms with Crippen LogP contribution in [0, 0.1) is 5.41 Å². The first-order chi connectivity index (χ1) is 9.57. The molecular weight excluding hydrogens is 256 g/mol. The largest absolute Gasteiger partial charge is 0.481 e. The molecule has 5 nitrogen and oxygen atoms in total. The van der Waals surface area contributed by atoms with Gasteiger partial charge >= 0.3 is 5.97 Å². The third kappa shape index (κ3) is 3.32. The van der Waals surface area contributed by atoms with Crippen molar-refractivity contribution in [3.05, 3.63) is 0 Å². The van der Waals surface area contributed by atoms with Gasteiger partial charge in [-0.05, 0) is 45.2 Å². The van der Waals surface area contributed by atoms with Gasteiger partial charge in [-0.25, -0.2) is 0 Å². The Balaban J connectivity index is 1.97. The number of carbonyl (C=O) groups excluding carboxylic acids is 1. The number of hydrogen-bond acceptors (Lipinski definition) is 3. The van der Waals surface area contributed by atoms with Crippen molar-refractivity contribution in [2.24, 2.45) is 5.41 Å². The summed E-state index contributed by atoms with van der Waals surface area (Å²) in [6, 6.07) is 0. The molecule has 2 saturated heterocycles. The number of likely N-dealkylation sites (tertiary alicyclic amines) is 2. The number of amides is 1. The van der Waals surface area contributed by atoms with Gasteiger partial charge < -0.3 is 10.0 Å². The Kier molecular flexibility index (Phi) is 5.02. The minimum Gasteiger partial charge on any atom is -0.481 e. The van der Waals surface area contributed by atoms with E-state index in [2.05, 4.69) is 4.90 Å². The Labute approximate surface area is 120 Å². The molecule has 0 saturated carbocycles. The smallest absolute Gasteiger partial charge is 0.311 e. The lowest BCUT2D eigenvalue weighted by Crippen LogP contribution is -2.51. The van der Waals surface area contributed by atoms with Gasteiger partial charge in [-0.15, -0.1) is 0 Å². The molecule has 2 rings (SSSR count). The third-order valence-corrected chi connectivity index (χ3v) is 4.67. The average molecular weight is 282 g/mol. The minimum absolute atomic E-state index is 0.105. The molecule has 0 aromatic rings. The van der Waals surface area contributed by atoms with Crippen LogP contribution in [0.3, 0.4) is 0 Å². The molecule has 1 atom stereocenters. The van der Waals surface area contributed by atoms with Gasteiger partial charge in [-0.3, -0.25) is 14.5 Å². The van der Waals surface area contributed by atoms with E-state index >= 15 is 0 Å². The SMILES string of the molecule is CCC[C@]1(C(=O)O)CCCN(C(=O)CN2CCCC2)C1. The maximum atomic E-state index is 12.4. The molecule has 0 radical (unpaired) electrons. The predicted molar refractivity (Wildman–Crippen MR) is 76.5 cm³/mol. The summed E-state index contributed by atoms with van der Waals surface area (Å²) >= 11 is 0. The van der Waals surface area contributed by atoms with Crippen molar-refractivity contribution >= 4 is 11.9 Å². The van der Waals surface area contributed by atoms with E-state index in [-0.39, 0.29) is 5.91 Å². The normalized spacial score (nSPS) is 27.8. The molecular formula is C15H26N2O3. The standard InChI is InChI=1S/C15H26N2O3/c1-2-6-15(14(19)20)7-5-10-17(12-15)13(18)11-16-8-3-4-9-16/h2-12H2,1H3,(H,19,20)/t15-/m0/s1. The van der Waals surface area contributed by atoms with Crippen LogP contribution in [0.5, 0.6) is 0 Å². The van der Waals surface area contributed by atoms with Crippen molar-refractivity contribution in [2.45, 2.75) is 45.4 Å². The molecule has 1 amide bonds. The van der Waals surface area contributed by atoms with Gasteiger partial charge in [0.25, 0.3) is 0 Å². The van der Waals surface area contributed by atoms with Crippen LogP contribution in [0.2, 0.25) is 0 Å². The minimum atomic E-state index is -0.738. The van der Waals surface area contributed by atoms with Crippen LogP contribution < -0.4 is 0 Å². The van der Waals surface area contributed by atoms with Gasteiger partial charge in [0.2, 0.25) is 5.91 Å². The van der Waals surface area contributed by atoms with Gasteiger partial charge in [0, 0.05) is 13.1 Å². The first-order valence-electron chi connectivity index (χ1n) is 7.81. The zero-order valence-corrected chi connectivity index (χ0v) is 12.4. The highest BCUT2D eigenvalue weighted by atomic mass is 16.4. The molecule has 0 aromatic heterocycles. The Bertz CT molecular complexity index is 362. The van der Waals surface area contributed by atoms with Gasteiger partial charge in [-0.1, -0.05) is 13.3 Å². The van der Waals surface area contributed by atoms with Gasteiger partial charge in [0.05, 0.1) is 12.0 Å². The third-order valence-electron chi connectivity index (χ3n) is 4.67. The summed E-state index contributed by atoms with van der Waals surface area (Å²) in [5, 5.41) is 9.56. The first-order valence-corrected chi connectivity index (χ1v) is 7.81. The molecule has 1 N–H and O–H groups in total. The van der Waals surface area contributed by atoms with Crippen molar-refractivity contribution in [3.63, 3.8) is 0 Å². The fourth-order valence-corrected chi connectivity index (χ4v) is 3.54. The van der Waals surface area contributed by atoms with Crippen molar-refractivity contribution in [1.82, 2.24) is 9.80 Å². The number of rotatable bonds is 5. The van der Waals surface area contributed by atoms with Crippen LogP contribution in [-0.4, -0.2) is 59.5 Å². The molecule has 0 unspecified atom stereocenters. The lowest BCUT2D eigenvalue weighted by Gasteiger charge is -2.40. The zero-order valence-electron chi connectivity index (χ0n) is 12.4. The van der Waals surface area contributed by atoms with E-state index in [1.165, 1.54) is 12.8 Å². The Morgan fingerprint density at radius 1 is 1.15 bits per heavy atom. The van der Waals surface area contributed by atoms with Crippen molar-refractivity contribution < 1.29 is 14.7 Å². The van der Waals surface area contributed by atoms with Crippen LogP contribution >= 0.6 is 0 Å². The number of carbonyl (C=O) groups is 2. The van der Waals surface area contributed by atoms with E-state index in [0.29, 0.717) is 32.5 Å². The monoisotopic (exact) mass is 282 g/mol. The molecule has 2 aliphatic heterocycles. The maximum Gasteiger partial charge on any atom is 0.311 e. The van der Waals surface area contributed by atoms with E-state index in [9.17, 15) is 14.7 Å². The second-order valence-corrected chi connectivity index (χ2v) is 6.24. The van der Waals surface area contributed by atoms with E-state index in [4.69, 9.17) is 0 Å². The first kappa shape index (κ1) is 15.3. The van der Waals surface area contributed by atoms with Crippen molar-refractivity contribution in [2.75, 3.05) is 32.7 Å². The van der Waals surface area contributed by atoms with E-state index < -0.39 is 11.4 Å². The molecule has 114 valence electrons. The highest BCUT2D eigenvalue weighted by molar-refractivity contribution is 5.81. The molecule has 20 heavy (non-hydrogen) atoms. The number of nitrogens with zero attached hydrogens (tertiary/aromatic N) is 2.